The van der Waals surface area contributed by atoms with Gasteiger partial charge in [-0.3, -0.25) is 14.7 Å². The van der Waals surface area contributed by atoms with Gasteiger partial charge < -0.3 is 10.4 Å². The zero-order valence-electron chi connectivity index (χ0n) is 16.4. The SMILES string of the molecule is Cc1cnc(CSc2cc(NS(C)(=O)=O)nc(N[C@@H](CO)CC(C)C)n2)cn1. The average Bonchev–Trinajstić information content (AvgIpc) is 2.58. The highest BCUT2D eigenvalue weighted by atomic mass is 32.2. The molecule has 0 fully saturated rings. The zero-order valence-corrected chi connectivity index (χ0v) is 18.0. The van der Waals surface area contributed by atoms with Crippen molar-refractivity contribution in [3.8, 4) is 0 Å². The van der Waals surface area contributed by atoms with Crippen molar-refractivity contribution in [3.63, 3.8) is 0 Å². The van der Waals surface area contributed by atoms with Crippen LogP contribution in [0, 0.1) is 12.8 Å². The molecule has 2 rings (SSSR count). The largest absolute Gasteiger partial charge is 0.394 e. The van der Waals surface area contributed by atoms with Gasteiger partial charge in [0.15, 0.2) is 0 Å². The molecule has 0 saturated carbocycles. The number of sulfonamides is 1. The van der Waals surface area contributed by atoms with Gasteiger partial charge in [-0.1, -0.05) is 25.6 Å². The van der Waals surface area contributed by atoms with Gasteiger partial charge in [0, 0.05) is 24.2 Å². The van der Waals surface area contributed by atoms with E-state index in [1.165, 1.54) is 11.8 Å². The van der Waals surface area contributed by atoms with Crippen LogP contribution in [0.25, 0.3) is 0 Å². The van der Waals surface area contributed by atoms with Gasteiger partial charge in [0.1, 0.15) is 10.8 Å². The van der Waals surface area contributed by atoms with Crippen molar-refractivity contribution in [3.05, 3.63) is 29.8 Å². The second-order valence-corrected chi connectivity index (χ2v) is 9.62. The summed E-state index contributed by atoms with van der Waals surface area (Å²) in [5.74, 6) is 1.32. The topological polar surface area (TPSA) is 130 Å². The van der Waals surface area contributed by atoms with Crippen LogP contribution in [0.1, 0.15) is 31.7 Å². The smallest absolute Gasteiger partial charge is 0.230 e. The Morgan fingerprint density at radius 3 is 2.54 bits per heavy atom. The van der Waals surface area contributed by atoms with Gasteiger partial charge in [0.2, 0.25) is 16.0 Å². The number of aliphatic hydroxyl groups excluding tert-OH is 1. The van der Waals surface area contributed by atoms with E-state index in [4.69, 9.17) is 0 Å². The van der Waals surface area contributed by atoms with E-state index in [2.05, 4.69) is 43.8 Å². The molecule has 0 bridgehead atoms. The van der Waals surface area contributed by atoms with E-state index in [1.54, 1.807) is 18.5 Å². The lowest BCUT2D eigenvalue weighted by molar-refractivity contribution is 0.259. The number of nitrogens with one attached hydrogen (secondary N) is 2. The highest BCUT2D eigenvalue weighted by Gasteiger charge is 2.14. The summed E-state index contributed by atoms with van der Waals surface area (Å²) in [6.07, 6.45) is 5.18. The van der Waals surface area contributed by atoms with Gasteiger partial charge >= 0.3 is 0 Å². The van der Waals surface area contributed by atoms with E-state index in [0.29, 0.717) is 16.7 Å². The molecule has 0 saturated heterocycles. The summed E-state index contributed by atoms with van der Waals surface area (Å²) in [4.78, 5) is 17.2. The van der Waals surface area contributed by atoms with Crippen LogP contribution in [0.2, 0.25) is 0 Å². The van der Waals surface area contributed by atoms with Crippen molar-refractivity contribution in [2.75, 3.05) is 22.9 Å². The molecule has 0 amide bonds. The molecule has 2 aromatic rings. The Labute approximate surface area is 169 Å². The number of rotatable bonds is 10. The molecule has 2 aromatic heterocycles. The van der Waals surface area contributed by atoms with Crippen LogP contribution in [0.15, 0.2) is 23.5 Å². The number of aliphatic hydroxyl groups is 1. The maximum absolute atomic E-state index is 11.6. The molecule has 2 heterocycles. The van der Waals surface area contributed by atoms with Gasteiger partial charge in [-0.15, -0.1) is 0 Å². The van der Waals surface area contributed by atoms with Gasteiger partial charge in [-0.2, -0.15) is 4.98 Å². The summed E-state index contributed by atoms with van der Waals surface area (Å²) < 4.78 is 25.6. The molecule has 0 radical (unpaired) electrons. The van der Waals surface area contributed by atoms with E-state index in [-0.39, 0.29) is 24.4 Å². The highest BCUT2D eigenvalue weighted by molar-refractivity contribution is 7.98. The lowest BCUT2D eigenvalue weighted by Crippen LogP contribution is -2.27. The number of thioether (sulfide) groups is 1. The van der Waals surface area contributed by atoms with E-state index in [0.717, 1.165) is 24.1 Å². The molecular formula is C17H26N6O3S2. The Bertz CT molecular complexity index is 875. The number of nitrogens with zero attached hydrogens (tertiary/aromatic N) is 4. The Morgan fingerprint density at radius 1 is 1.21 bits per heavy atom. The first-order chi connectivity index (χ1) is 13.1. The van der Waals surface area contributed by atoms with Crippen LogP contribution < -0.4 is 10.0 Å². The Hall–Kier alpha value is -1.98. The number of aryl methyl sites for hydroxylation is 1. The first-order valence-electron chi connectivity index (χ1n) is 8.79. The Balaban J connectivity index is 2.22. The fourth-order valence-electron chi connectivity index (χ4n) is 2.38. The molecule has 154 valence electrons. The summed E-state index contributed by atoms with van der Waals surface area (Å²) >= 11 is 1.39. The average molecular weight is 427 g/mol. The van der Waals surface area contributed by atoms with Crippen LogP contribution in [-0.2, 0) is 15.8 Å². The fourth-order valence-corrected chi connectivity index (χ4v) is 3.65. The summed E-state index contributed by atoms with van der Waals surface area (Å²) in [6, 6.07) is 1.34. The second kappa shape index (κ2) is 9.99. The third-order valence-electron chi connectivity index (χ3n) is 3.50. The van der Waals surface area contributed by atoms with Crippen molar-refractivity contribution in [1.82, 2.24) is 19.9 Å². The first-order valence-corrected chi connectivity index (χ1v) is 11.7. The van der Waals surface area contributed by atoms with Crippen LogP contribution in [0.3, 0.4) is 0 Å². The van der Waals surface area contributed by atoms with Crippen molar-refractivity contribution in [2.24, 2.45) is 5.92 Å². The van der Waals surface area contributed by atoms with Crippen LogP contribution in [0.4, 0.5) is 11.8 Å². The van der Waals surface area contributed by atoms with Crippen LogP contribution in [0.5, 0.6) is 0 Å². The summed E-state index contributed by atoms with van der Waals surface area (Å²) in [6.45, 7) is 5.89. The minimum absolute atomic E-state index is 0.0767. The Kier molecular flexibility index (Phi) is 7.96. The van der Waals surface area contributed by atoms with Crippen molar-refractivity contribution < 1.29 is 13.5 Å². The van der Waals surface area contributed by atoms with Gasteiger partial charge in [0.05, 0.1) is 30.3 Å². The molecule has 1 atom stereocenters. The van der Waals surface area contributed by atoms with E-state index in [1.807, 2.05) is 6.92 Å². The molecule has 28 heavy (non-hydrogen) atoms. The van der Waals surface area contributed by atoms with E-state index < -0.39 is 10.0 Å². The van der Waals surface area contributed by atoms with Gasteiger partial charge in [-0.05, 0) is 19.3 Å². The fraction of sp³-hybridized carbons (Fsp3) is 0.529. The lowest BCUT2D eigenvalue weighted by atomic mass is 10.0. The van der Waals surface area contributed by atoms with E-state index in [9.17, 15) is 13.5 Å². The monoisotopic (exact) mass is 426 g/mol. The number of aromatic nitrogens is 4. The lowest BCUT2D eigenvalue weighted by Gasteiger charge is -2.19. The molecule has 11 heteroatoms. The van der Waals surface area contributed by atoms with Crippen molar-refractivity contribution in [1.29, 1.82) is 0 Å². The summed E-state index contributed by atoms with van der Waals surface area (Å²) in [5.41, 5.74) is 1.62. The maximum Gasteiger partial charge on any atom is 0.230 e. The summed E-state index contributed by atoms with van der Waals surface area (Å²) in [5, 5.41) is 13.2. The zero-order chi connectivity index (χ0) is 20.7. The second-order valence-electron chi connectivity index (χ2n) is 6.88. The number of anilines is 2. The van der Waals surface area contributed by atoms with Crippen LogP contribution >= 0.6 is 11.8 Å². The molecule has 0 aliphatic carbocycles. The number of hydrogen-bond acceptors (Lipinski definition) is 9. The van der Waals surface area contributed by atoms with Gasteiger partial charge in [-0.25, -0.2) is 13.4 Å². The van der Waals surface area contributed by atoms with E-state index >= 15 is 0 Å². The molecular weight excluding hydrogens is 400 g/mol. The van der Waals surface area contributed by atoms with Crippen molar-refractivity contribution >= 4 is 33.6 Å². The molecule has 3 N–H and O–H groups in total. The normalized spacial score (nSPS) is 12.8. The van der Waals surface area contributed by atoms with Gasteiger partial charge in [0.25, 0.3) is 0 Å². The third-order valence-corrected chi connectivity index (χ3v) is 5.03. The maximum atomic E-state index is 11.6. The third kappa shape index (κ3) is 7.95. The highest BCUT2D eigenvalue weighted by Crippen LogP contribution is 2.24. The van der Waals surface area contributed by atoms with Crippen LogP contribution in [-0.4, -0.2) is 52.4 Å². The predicted octanol–water partition coefficient (Wildman–Crippen LogP) is 2.06. The molecule has 0 unspecified atom stereocenters. The minimum Gasteiger partial charge on any atom is -0.394 e. The standard InChI is InChI=1S/C17H26N6O3S2/c1-11(2)5-13(9-24)20-17-21-15(23-28(4,25)26)6-16(22-17)27-10-14-8-18-12(3)7-19-14/h6-8,11,13,24H,5,9-10H2,1-4H3,(H2,20,21,22,23)/t13-/m1/s1. The summed E-state index contributed by atoms with van der Waals surface area (Å²) in [7, 11) is -3.48. The quantitative estimate of drug-likeness (QED) is 0.386. The number of hydrogen-bond donors (Lipinski definition) is 3. The molecule has 0 aliphatic rings. The van der Waals surface area contributed by atoms with Crippen molar-refractivity contribution in [2.45, 2.75) is 44.0 Å². The predicted molar refractivity (Wildman–Crippen MR) is 111 cm³/mol. The molecule has 0 aliphatic heterocycles. The molecule has 0 spiro atoms. The first kappa shape index (κ1) is 22.3. The molecule has 9 nitrogen and oxygen atoms in total. The Morgan fingerprint density at radius 2 is 1.96 bits per heavy atom. The molecule has 0 aromatic carbocycles. The minimum atomic E-state index is -3.48.